The van der Waals surface area contributed by atoms with E-state index in [2.05, 4.69) is 10.1 Å². The van der Waals surface area contributed by atoms with Gasteiger partial charge in [-0.25, -0.2) is 0 Å². The molecule has 0 radical (unpaired) electrons. The number of methoxy groups -OCH3 is 1. The second-order valence-corrected chi connectivity index (χ2v) is 5.01. The number of ether oxygens (including phenoxy) is 1. The first kappa shape index (κ1) is 15.4. The molecule has 4 nitrogen and oxygen atoms in total. The van der Waals surface area contributed by atoms with Crippen LogP contribution in [0, 0.1) is 0 Å². The molecule has 110 valence electrons. The molecule has 0 aliphatic heterocycles. The summed E-state index contributed by atoms with van der Waals surface area (Å²) in [6, 6.07) is 14.8. The van der Waals surface area contributed by atoms with Crippen molar-refractivity contribution in [2.24, 2.45) is 0 Å². The minimum Gasteiger partial charge on any atom is -0.468 e. The van der Waals surface area contributed by atoms with Gasteiger partial charge in [-0.3, -0.25) is 10.1 Å². The summed E-state index contributed by atoms with van der Waals surface area (Å²) in [5.41, 5.74) is 8.59. The summed E-state index contributed by atoms with van der Waals surface area (Å²) in [5.74, 6) is -0.330. The van der Waals surface area contributed by atoms with Gasteiger partial charge in [0, 0.05) is 10.7 Å². The Balaban J connectivity index is 2.32. The molecule has 2 aromatic rings. The Labute approximate surface area is 128 Å². The second-order valence-electron chi connectivity index (χ2n) is 4.57. The molecule has 0 aromatic heterocycles. The molecule has 0 heterocycles. The molecule has 0 saturated carbocycles. The van der Waals surface area contributed by atoms with Gasteiger partial charge in [0.2, 0.25) is 0 Å². The number of nitrogen functional groups attached to an aromatic ring is 1. The van der Waals surface area contributed by atoms with Gasteiger partial charge in [0.1, 0.15) is 0 Å². The maximum atomic E-state index is 11.4. The van der Waals surface area contributed by atoms with Crippen LogP contribution in [0.25, 0.3) is 0 Å². The molecule has 21 heavy (non-hydrogen) atoms. The van der Waals surface area contributed by atoms with Crippen molar-refractivity contribution in [2.45, 2.75) is 6.04 Å². The fourth-order valence-corrected chi connectivity index (χ4v) is 2.22. The van der Waals surface area contributed by atoms with Crippen molar-refractivity contribution in [2.75, 3.05) is 19.4 Å². The van der Waals surface area contributed by atoms with Gasteiger partial charge in [0.15, 0.2) is 0 Å². The molecule has 0 spiro atoms. The van der Waals surface area contributed by atoms with Gasteiger partial charge in [-0.1, -0.05) is 41.9 Å². The minimum absolute atomic E-state index is 0.0954. The molecule has 1 atom stereocenters. The Morgan fingerprint density at radius 3 is 2.52 bits per heavy atom. The third-order valence-electron chi connectivity index (χ3n) is 3.19. The summed E-state index contributed by atoms with van der Waals surface area (Å²) in [5, 5.41) is 3.82. The van der Waals surface area contributed by atoms with Crippen molar-refractivity contribution < 1.29 is 9.53 Å². The van der Waals surface area contributed by atoms with Gasteiger partial charge in [-0.2, -0.15) is 0 Å². The van der Waals surface area contributed by atoms with Crippen LogP contribution >= 0.6 is 11.6 Å². The Hall–Kier alpha value is -2.04. The highest BCUT2D eigenvalue weighted by Gasteiger charge is 2.17. The Bertz CT molecular complexity index is 614. The van der Waals surface area contributed by atoms with Crippen LogP contribution in [0.5, 0.6) is 0 Å². The predicted molar refractivity (Wildman–Crippen MR) is 84.2 cm³/mol. The number of nitrogens with two attached hydrogens (primary N) is 1. The maximum absolute atomic E-state index is 11.4. The first-order valence-corrected chi connectivity index (χ1v) is 6.89. The summed E-state index contributed by atoms with van der Waals surface area (Å²) in [7, 11) is 1.36. The fourth-order valence-electron chi connectivity index (χ4n) is 2.09. The smallest absolute Gasteiger partial charge is 0.319 e. The number of halogens is 1. The molecule has 0 bridgehead atoms. The largest absolute Gasteiger partial charge is 0.468 e. The van der Waals surface area contributed by atoms with Crippen molar-refractivity contribution in [1.82, 2.24) is 5.32 Å². The van der Waals surface area contributed by atoms with Crippen molar-refractivity contribution in [3.63, 3.8) is 0 Å². The zero-order valence-corrected chi connectivity index (χ0v) is 12.4. The third kappa shape index (κ3) is 3.97. The number of esters is 1. The third-order valence-corrected chi connectivity index (χ3v) is 3.44. The number of carbonyl (C=O) groups is 1. The van der Waals surface area contributed by atoms with E-state index in [0.29, 0.717) is 10.7 Å². The van der Waals surface area contributed by atoms with Crippen LogP contribution in [0.1, 0.15) is 17.2 Å². The topological polar surface area (TPSA) is 64.3 Å². The van der Waals surface area contributed by atoms with Crippen LogP contribution in [0.15, 0.2) is 48.5 Å². The number of benzene rings is 2. The molecule has 0 fully saturated rings. The Morgan fingerprint density at radius 1 is 1.24 bits per heavy atom. The van der Waals surface area contributed by atoms with Gasteiger partial charge in [-0.05, 0) is 29.3 Å². The molecule has 0 aliphatic rings. The first-order chi connectivity index (χ1) is 10.1. The molecule has 5 heteroatoms. The van der Waals surface area contributed by atoms with Crippen molar-refractivity contribution >= 4 is 23.3 Å². The van der Waals surface area contributed by atoms with E-state index in [-0.39, 0.29) is 18.6 Å². The average molecular weight is 305 g/mol. The zero-order chi connectivity index (χ0) is 15.2. The van der Waals surface area contributed by atoms with E-state index in [1.54, 1.807) is 0 Å². The number of nitrogens with one attached hydrogen (secondary N) is 1. The quantitative estimate of drug-likeness (QED) is 0.658. The van der Waals surface area contributed by atoms with Crippen molar-refractivity contribution in [1.29, 1.82) is 0 Å². The summed E-state index contributed by atoms with van der Waals surface area (Å²) in [6.45, 7) is 0.0954. The number of hydrogen-bond acceptors (Lipinski definition) is 4. The molecule has 3 N–H and O–H groups in total. The average Bonchev–Trinajstić information content (AvgIpc) is 2.50. The van der Waals surface area contributed by atoms with Gasteiger partial charge in [-0.15, -0.1) is 0 Å². The summed E-state index contributed by atoms with van der Waals surface area (Å²) in [4.78, 5) is 11.4. The molecule has 0 aliphatic carbocycles. The highest BCUT2D eigenvalue weighted by molar-refractivity contribution is 6.30. The van der Waals surface area contributed by atoms with Crippen LogP contribution < -0.4 is 11.1 Å². The molecule has 2 rings (SSSR count). The standard InChI is InChI=1S/C16H17ClN2O2/c1-21-15(20)10-19-16(11-6-8-12(17)9-7-11)13-4-2-3-5-14(13)18/h2-9,16,19H,10,18H2,1H3/t16-/m1/s1. The van der Waals surface area contributed by atoms with Crippen molar-refractivity contribution in [3.8, 4) is 0 Å². The van der Waals surface area contributed by atoms with Gasteiger partial charge < -0.3 is 10.5 Å². The van der Waals surface area contributed by atoms with E-state index in [9.17, 15) is 4.79 Å². The van der Waals surface area contributed by atoms with Crippen LogP contribution in [0.4, 0.5) is 5.69 Å². The lowest BCUT2D eigenvalue weighted by atomic mass is 9.97. The SMILES string of the molecule is COC(=O)CN[C@H](c1ccc(Cl)cc1)c1ccccc1N. The van der Waals surface area contributed by atoms with E-state index in [1.165, 1.54) is 7.11 Å². The molecular formula is C16H17ClN2O2. The molecule has 2 aromatic carbocycles. The van der Waals surface area contributed by atoms with E-state index >= 15 is 0 Å². The van der Waals surface area contributed by atoms with E-state index in [1.807, 2.05) is 48.5 Å². The molecule has 0 amide bonds. The second kappa shape index (κ2) is 7.11. The normalized spacial score (nSPS) is 11.9. The first-order valence-electron chi connectivity index (χ1n) is 6.52. The monoisotopic (exact) mass is 304 g/mol. The summed E-state index contributed by atoms with van der Waals surface area (Å²) < 4.78 is 4.67. The number of anilines is 1. The fraction of sp³-hybridized carbons (Fsp3) is 0.188. The van der Waals surface area contributed by atoms with Gasteiger partial charge in [0.25, 0.3) is 0 Å². The highest BCUT2D eigenvalue weighted by atomic mass is 35.5. The Morgan fingerprint density at radius 2 is 1.90 bits per heavy atom. The lowest BCUT2D eigenvalue weighted by molar-refractivity contribution is -0.139. The minimum atomic E-state index is -0.330. The van der Waals surface area contributed by atoms with E-state index < -0.39 is 0 Å². The number of rotatable bonds is 5. The zero-order valence-electron chi connectivity index (χ0n) is 11.7. The predicted octanol–water partition coefficient (Wildman–Crippen LogP) is 2.77. The lowest BCUT2D eigenvalue weighted by Crippen LogP contribution is -2.29. The van der Waals surface area contributed by atoms with Gasteiger partial charge in [0.05, 0.1) is 19.7 Å². The van der Waals surface area contributed by atoms with Crippen LogP contribution in [0.3, 0.4) is 0 Å². The maximum Gasteiger partial charge on any atom is 0.319 e. The summed E-state index contributed by atoms with van der Waals surface area (Å²) >= 11 is 5.92. The molecular weight excluding hydrogens is 288 g/mol. The highest BCUT2D eigenvalue weighted by Crippen LogP contribution is 2.27. The lowest BCUT2D eigenvalue weighted by Gasteiger charge is -2.21. The molecule has 0 unspecified atom stereocenters. The number of carbonyl (C=O) groups excluding carboxylic acids is 1. The Kier molecular flexibility index (Phi) is 5.20. The van der Waals surface area contributed by atoms with Crippen molar-refractivity contribution in [3.05, 3.63) is 64.7 Å². The molecule has 0 saturated heterocycles. The number of para-hydroxylation sites is 1. The van der Waals surface area contributed by atoms with Crippen LogP contribution in [-0.2, 0) is 9.53 Å². The van der Waals surface area contributed by atoms with Crippen LogP contribution in [-0.4, -0.2) is 19.6 Å². The van der Waals surface area contributed by atoms with E-state index in [0.717, 1.165) is 11.1 Å². The summed E-state index contributed by atoms with van der Waals surface area (Å²) in [6.07, 6.45) is 0. The van der Waals surface area contributed by atoms with Crippen LogP contribution in [0.2, 0.25) is 5.02 Å². The van der Waals surface area contributed by atoms with E-state index in [4.69, 9.17) is 17.3 Å². The number of hydrogen-bond donors (Lipinski definition) is 2. The van der Waals surface area contributed by atoms with Gasteiger partial charge >= 0.3 is 5.97 Å².